The first kappa shape index (κ1) is 23.5. The third kappa shape index (κ3) is 7.92. The molecule has 0 radical (unpaired) electrons. The Balaban J connectivity index is 1.96. The highest BCUT2D eigenvalue weighted by atomic mass is 32.2. The molecule has 0 spiro atoms. The lowest BCUT2D eigenvalue weighted by molar-refractivity contribution is 0.311. The zero-order valence-corrected chi connectivity index (χ0v) is 18.5. The minimum absolute atomic E-state index is 0.108. The van der Waals surface area contributed by atoms with Crippen molar-refractivity contribution in [2.45, 2.75) is 20.4 Å². The van der Waals surface area contributed by atoms with Crippen LogP contribution in [0.3, 0.4) is 0 Å². The Labute approximate surface area is 178 Å². The van der Waals surface area contributed by atoms with Crippen molar-refractivity contribution in [3.8, 4) is 11.5 Å². The number of sulfonamides is 1. The lowest BCUT2D eigenvalue weighted by atomic mass is 10.2. The molecule has 0 aliphatic carbocycles. The number of nitrogens with one attached hydrogen (secondary N) is 3. The smallest absolute Gasteiger partial charge is 0.213 e. The summed E-state index contributed by atoms with van der Waals surface area (Å²) in [7, 11) is -1.86. The molecule has 0 saturated carbocycles. The summed E-state index contributed by atoms with van der Waals surface area (Å²) in [5, 5.41) is 6.26. The SMILES string of the molecule is CCNC(=NCCS(=O)(=O)NCc1ccccc1)Nc1ccc(OCC)c(OC)c1. The Kier molecular flexibility index (Phi) is 9.43. The first-order valence-electron chi connectivity index (χ1n) is 9.84. The van der Waals surface area contributed by atoms with Gasteiger partial charge in [-0.05, 0) is 31.5 Å². The van der Waals surface area contributed by atoms with Crippen molar-refractivity contribution in [2.75, 3.05) is 37.9 Å². The highest BCUT2D eigenvalue weighted by molar-refractivity contribution is 7.89. The number of aliphatic imine (C=N–C) groups is 1. The van der Waals surface area contributed by atoms with Gasteiger partial charge in [-0.25, -0.2) is 13.1 Å². The molecular weight excluding hydrogens is 404 g/mol. The van der Waals surface area contributed by atoms with Gasteiger partial charge < -0.3 is 20.1 Å². The molecular formula is C21H30N4O4S. The minimum atomic E-state index is -3.44. The van der Waals surface area contributed by atoms with Gasteiger partial charge in [0.25, 0.3) is 0 Å². The van der Waals surface area contributed by atoms with E-state index < -0.39 is 10.0 Å². The second-order valence-corrected chi connectivity index (χ2v) is 8.24. The van der Waals surface area contributed by atoms with E-state index in [1.54, 1.807) is 13.2 Å². The number of ether oxygens (including phenoxy) is 2. The summed E-state index contributed by atoms with van der Waals surface area (Å²) >= 11 is 0. The van der Waals surface area contributed by atoms with Crippen LogP contribution in [0.4, 0.5) is 5.69 Å². The number of rotatable bonds is 11. The van der Waals surface area contributed by atoms with Crippen LogP contribution >= 0.6 is 0 Å². The van der Waals surface area contributed by atoms with Crippen LogP contribution in [0.5, 0.6) is 11.5 Å². The number of anilines is 1. The molecule has 9 heteroatoms. The normalized spacial score (nSPS) is 11.8. The van der Waals surface area contributed by atoms with Crippen LogP contribution < -0.4 is 24.8 Å². The quantitative estimate of drug-likeness (QED) is 0.371. The molecule has 3 N–H and O–H groups in total. The van der Waals surface area contributed by atoms with E-state index in [0.29, 0.717) is 30.6 Å². The molecule has 0 bridgehead atoms. The maximum atomic E-state index is 12.2. The summed E-state index contributed by atoms with van der Waals surface area (Å²) in [4.78, 5) is 4.37. The van der Waals surface area contributed by atoms with Gasteiger partial charge >= 0.3 is 0 Å². The van der Waals surface area contributed by atoms with E-state index in [2.05, 4.69) is 20.3 Å². The van der Waals surface area contributed by atoms with Crippen molar-refractivity contribution in [1.29, 1.82) is 0 Å². The third-order valence-corrected chi connectivity index (χ3v) is 5.34. The van der Waals surface area contributed by atoms with Crippen LogP contribution in [0, 0.1) is 0 Å². The molecule has 0 unspecified atom stereocenters. The summed E-state index contributed by atoms with van der Waals surface area (Å²) in [6, 6.07) is 14.8. The molecule has 0 saturated heterocycles. The molecule has 8 nitrogen and oxygen atoms in total. The molecule has 0 aliphatic rings. The summed E-state index contributed by atoms with van der Waals surface area (Å²) in [6.07, 6.45) is 0. The maximum absolute atomic E-state index is 12.2. The van der Waals surface area contributed by atoms with Gasteiger partial charge in [0.2, 0.25) is 10.0 Å². The molecule has 30 heavy (non-hydrogen) atoms. The van der Waals surface area contributed by atoms with Crippen molar-refractivity contribution < 1.29 is 17.9 Å². The molecule has 0 aliphatic heterocycles. The molecule has 0 amide bonds. The van der Waals surface area contributed by atoms with Crippen molar-refractivity contribution in [2.24, 2.45) is 4.99 Å². The van der Waals surface area contributed by atoms with E-state index >= 15 is 0 Å². The standard InChI is InChI=1S/C21H30N4O4S/c1-4-22-21(25-18-11-12-19(29-5-2)20(15-18)28-3)23-13-14-30(26,27)24-16-17-9-7-6-8-10-17/h6-12,15,24H,4-5,13-14,16H2,1-3H3,(H2,22,23,25). The first-order chi connectivity index (χ1) is 14.5. The Morgan fingerprint density at radius 2 is 1.83 bits per heavy atom. The van der Waals surface area contributed by atoms with Crippen LogP contribution in [0.25, 0.3) is 0 Å². The Morgan fingerprint density at radius 1 is 1.07 bits per heavy atom. The molecule has 164 valence electrons. The summed E-state index contributed by atoms with van der Waals surface area (Å²) in [5.41, 5.74) is 1.66. The Morgan fingerprint density at radius 3 is 2.50 bits per heavy atom. The fourth-order valence-corrected chi connectivity index (χ4v) is 3.47. The molecule has 2 aromatic carbocycles. The van der Waals surface area contributed by atoms with Gasteiger partial charge in [0.05, 0.1) is 26.0 Å². The molecule has 0 aromatic heterocycles. The largest absolute Gasteiger partial charge is 0.493 e. The number of nitrogens with zero attached hydrogens (tertiary/aromatic N) is 1. The highest BCUT2D eigenvalue weighted by Crippen LogP contribution is 2.30. The molecule has 2 aromatic rings. The van der Waals surface area contributed by atoms with Gasteiger partial charge in [0.1, 0.15) is 0 Å². The first-order valence-corrected chi connectivity index (χ1v) is 11.5. The molecule has 0 atom stereocenters. The number of hydrogen-bond donors (Lipinski definition) is 3. The van der Waals surface area contributed by atoms with Crippen molar-refractivity contribution in [3.05, 3.63) is 54.1 Å². The Hall–Kier alpha value is -2.78. The fraction of sp³-hybridized carbons (Fsp3) is 0.381. The summed E-state index contributed by atoms with van der Waals surface area (Å²) in [6.45, 7) is 5.41. The number of hydrogen-bond acceptors (Lipinski definition) is 5. The van der Waals surface area contributed by atoms with E-state index in [9.17, 15) is 8.42 Å². The second-order valence-electron chi connectivity index (χ2n) is 6.31. The van der Waals surface area contributed by atoms with Gasteiger partial charge in [-0.15, -0.1) is 0 Å². The third-order valence-electron chi connectivity index (χ3n) is 4.04. The highest BCUT2D eigenvalue weighted by Gasteiger charge is 2.10. The number of guanidine groups is 1. The topological polar surface area (TPSA) is 101 Å². The zero-order valence-electron chi connectivity index (χ0n) is 17.6. The van der Waals surface area contributed by atoms with Gasteiger partial charge in [0, 0.05) is 24.8 Å². The number of benzene rings is 2. The minimum Gasteiger partial charge on any atom is -0.493 e. The van der Waals surface area contributed by atoms with Gasteiger partial charge in [0.15, 0.2) is 17.5 Å². The van der Waals surface area contributed by atoms with Crippen LogP contribution in [-0.4, -0.2) is 46.9 Å². The Bertz CT molecular complexity index is 918. The maximum Gasteiger partial charge on any atom is 0.213 e. The molecule has 0 fully saturated rings. The van der Waals surface area contributed by atoms with E-state index in [4.69, 9.17) is 9.47 Å². The second kappa shape index (κ2) is 12.0. The van der Waals surface area contributed by atoms with Gasteiger partial charge in [-0.1, -0.05) is 30.3 Å². The average Bonchev–Trinajstić information content (AvgIpc) is 2.74. The van der Waals surface area contributed by atoms with E-state index in [1.165, 1.54) is 0 Å². The van der Waals surface area contributed by atoms with E-state index in [-0.39, 0.29) is 18.8 Å². The predicted molar refractivity (Wildman–Crippen MR) is 121 cm³/mol. The lowest BCUT2D eigenvalue weighted by Crippen LogP contribution is -2.32. The zero-order chi connectivity index (χ0) is 21.8. The average molecular weight is 435 g/mol. The van der Waals surface area contributed by atoms with Crippen LogP contribution in [-0.2, 0) is 16.6 Å². The van der Waals surface area contributed by atoms with Gasteiger partial charge in [-0.2, -0.15) is 0 Å². The summed E-state index contributed by atoms with van der Waals surface area (Å²) < 4.78 is 37.9. The van der Waals surface area contributed by atoms with Gasteiger partial charge in [-0.3, -0.25) is 4.99 Å². The lowest BCUT2D eigenvalue weighted by Gasteiger charge is -2.14. The van der Waals surface area contributed by atoms with Crippen LogP contribution in [0.15, 0.2) is 53.5 Å². The number of methoxy groups -OCH3 is 1. The van der Waals surface area contributed by atoms with Crippen LogP contribution in [0.2, 0.25) is 0 Å². The van der Waals surface area contributed by atoms with Crippen LogP contribution in [0.1, 0.15) is 19.4 Å². The predicted octanol–water partition coefficient (Wildman–Crippen LogP) is 2.59. The van der Waals surface area contributed by atoms with Crippen molar-refractivity contribution >= 4 is 21.7 Å². The monoisotopic (exact) mass is 434 g/mol. The molecule has 2 rings (SSSR count). The summed E-state index contributed by atoms with van der Waals surface area (Å²) in [5.74, 6) is 1.64. The molecule has 0 heterocycles. The fourth-order valence-electron chi connectivity index (χ4n) is 2.60. The van der Waals surface area contributed by atoms with Crippen molar-refractivity contribution in [3.63, 3.8) is 0 Å². The van der Waals surface area contributed by atoms with E-state index in [0.717, 1.165) is 11.3 Å². The van der Waals surface area contributed by atoms with Crippen molar-refractivity contribution in [1.82, 2.24) is 10.0 Å². The van der Waals surface area contributed by atoms with E-state index in [1.807, 2.05) is 56.3 Å².